The van der Waals surface area contributed by atoms with Crippen molar-refractivity contribution in [3.05, 3.63) is 47.3 Å². The molecule has 0 spiro atoms. The topological polar surface area (TPSA) is 94.6 Å². The zero-order chi connectivity index (χ0) is 17.1. The van der Waals surface area contributed by atoms with Gasteiger partial charge >= 0.3 is 0 Å². The van der Waals surface area contributed by atoms with Crippen molar-refractivity contribution in [1.29, 1.82) is 5.26 Å². The van der Waals surface area contributed by atoms with Gasteiger partial charge in [-0.15, -0.1) is 0 Å². The highest BCUT2D eigenvalue weighted by atomic mass is 15.2. The number of nitrogens with one attached hydrogen (secondary N) is 1. The van der Waals surface area contributed by atoms with E-state index in [1.54, 1.807) is 0 Å². The fourth-order valence-corrected chi connectivity index (χ4v) is 2.91. The average Bonchev–Trinajstić information content (AvgIpc) is 2.93. The molecule has 6 heteroatoms. The van der Waals surface area contributed by atoms with Gasteiger partial charge in [0.05, 0.1) is 11.2 Å². The molecule has 0 aliphatic carbocycles. The Labute approximate surface area is 140 Å². The van der Waals surface area contributed by atoms with Crippen LogP contribution in [0, 0.1) is 18.3 Å². The van der Waals surface area contributed by atoms with Gasteiger partial charge in [-0.05, 0) is 31.9 Å². The molecule has 0 fully saturated rings. The lowest BCUT2D eigenvalue weighted by atomic mass is 10.1. The molecule has 0 saturated heterocycles. The number of anilines is 2. The number of fused-ring (bicyclic) bond motifs is 1. The molecule has 6 nitrogen and oxygen atoms in total. The maximum Gasteiger partial charge on any atom is 0.163 e. The number of aromatic amines is 1. The Bertz CT molecular complexity index is 906. The molecule has 0 atom stereocenters. The molecule has 0 radical (unpaired) electrons. The Morgan fingerprint density at radius 2 is 2.12 bits per heavy atom. The molecule has 1 aromatic carbocycles. The number of hydrogen-bond acceptors (Lipinski definition) is 5. The van der Waals surface area contributed by atoms with Gasteiger partial charge in [0, 0.05) is 30.4 Å². The summed E-state index contributed by atoms with van der Waals surface area (Å²) in [5, 5.41) is 17.0. The van der Waals surface area contributed by atoms with Crippen molar-refractivity contribution >= 4 is 22.4 Å². The summed E-state index contributed by atoms with van der Waals surface area (Å²) in [6.07, 6.45) is 1.63. The van der Waals surface area contributed by atoms with Crippen LogP contribution in [0.15, 0.2) is 30.3 Å². The molecule has 3 rings (SSSR count). The van der Waals surface area contributed by atoms with Gasteiger partial charge in [0.1, 0.15) is 11.6 Å². The monoisotopic (exact) mass is 320 g/mol. The Hall–Kier alpha value is -3.07. The second-order valence-electron chi connectivity index (χ2n) is 5.90. The third-order valence-electron chi connectivity index (χ3n) is 4.13. The number of rotatable bonds is 5. The zero-order valence-corrected chi connectivity index (χ0v) is 13.9. The van der Waals surface area contributed by atoms with Crippen LogP contribution in [0.1, 0.15) is 23.4 Å². The highest BCUT2D eigenvalue weighted by Crippen LogP contribution is 2.26. The van der Waals surface area contributed by atoms with Crippen molar-refractivity contribution in [2.24, 2.45) is 0 Å². The first-order valence-corrected chi connectivity index (χ1v) is 7.90. The summed E-state index contributed by atoms with van der Waals surface area (Å²) in [7, 11) is 2.08. The van der Waals surface area contributed by atoms with Crippen LogP contribution >= 0.6 is 0 Å². The largest absolute Gasteiger partial charge is 0.381 e. The number of benzene rings is 1. The standard InChI is InChI=1S/C18H20N6/c1-12-10-17(13-6-3-4-7-15(13)21-12)24(2)9-5-8-16-14(11-19)18(20)23-22-16/h3-4,6-7,10H,5,8-9H2,1-2H3,(H3,20,22,23). The van der Waals surface area contributed by atoms with Crippen molar-refractivity contribution in [3.63, 3.8) is 0 Å². The summed E-state index contributed by atoms with van der Waals surface area (Å²) < 4.78 is 0. The quantitative estimate of drug-likeness (QED) is 0.754. The number of nitrogens with zero attached hydrogens (tertiary/aromatic N) is 4. The van der Waals surface area contributed by atoms with E-state index in [2.05, 4.69) is 45.3 Å². The van der Waals surface area contributed by atoms with Crippen LogP contribution in [0.2, 0.25) is 0 Å². The molecular weight excluding hydrogens is 300 g/mol. The lowest BCUT2D eigenvalue weighted by Gasteiger charge is -2.21. The van der Waals surface area contributed by atoms with E-state index in [4.69, 9.17) is 11.0 Å². The van der Waals surface area contributed by atoms with E-state index in [9.17, 15) is 0 Å². The van der Waals surface area contributed by atoms with Crippen molar-refractivity contribution in [1.82, 2.24) is 15.2 Å². The predicted molar refractivity (Wildman–Crippen MR) is 95.8 cm³/mol. The molecule has 0 unspecified atom stereocenters. The summed E-state index contributed by atoms with van der Waals surface area (Å²) in [6.45, 7) is 2.87. The Morgan fingerprint density at radius 3 is 2.92 bits per heavy atom. The number of nitrogen functional groups attached to an aromatic ring is 1. The minimum atomic E-state index is 0.275. The number of aryl methyl sites for hydroxylation is 2. The molecule has 122 valence electrons. The highest BCUT2D eigenvalue weighted by molar-refractivity contribution is 5.91. The summed E-state index contributed by atoms with van der Waals surface area (Å²) in [5.41, 5.74) is 10.1. The van der Waals surface area contributed by atoms with Crippen molar-refractivity contribution < 1.29 is 0 Å². The van der Waals surface area contributed by atoms with E-state index >= 15 is 0 Å². The Kier molecular flexibility index (Phi) is 4.34. The average molecular weight is 320 g/mol. The van der Waals surface area contributed by atoms with Crippen molar-refractivity contribution in [2.45, 2.75) is 19.8 Å². The fourth-order valence-electron chi connectivity index (χ4n) is 2.91. The van der Waals surface area contributed by atoms with Crippen molar-refractivity contribution in [2.75, 3.05) is 24.2 Å². The molecule has 2 heterocycles. The van der Waals surface area contributed by atoms with Crippen molar-refractivity contribution in [3.8, 4) is 6.07 Å². The van der Waals surface area contributed by atoms with Crippen LogP contribution in [0.3, 0.4) is 0 Å². The van der Waals surface area contributed by atoms with Crippen LogP contribution in [0.4, 0.5) is 11.5 Å². The number of pyridine rings is 1. The number of para-hydroxylation sites is 1. The van der Waals surface area contributed by atoms with Gasteiger partial charge in [-0.25, -0.2) is 0 Å². The molecule has 0 aliphatic heterocycles. The van der Waals surface area contributed by atoms with E-state index in [0.717, 1.165) is 41.7 Å². The Morgan fingerprint density at radius 1 is 1.33 bits per heavy atom. The minimum Gasteiger partial charge on any atom is -0.381 e. The molecule has 24 heavy (non-hydrogen) atoms. The minimum absolute atomic E-state index is 0.275. The number of nitriles is 1. The van der Waals surface area contributed by atoms with Crippen LogP contribution in [0.25, 0.3) is 10.9 Å². The molecule has 3 N–H and O–H groups in total. The molecule has 0 aliphatic rings. The molecule has 0 amide bonds. The lowest BCUT2D eigenvalue weighted by Crippen LogP contribution is -2.19. The molecule has 0 bridgehead atoms. The van der Waals surface area contributed by atoms with E-state index in [-0.39, 0.29) is 5.82 Å². The van der Waals surface area contributed by atoms with Crippen LogP contribution < -0.4 is 10.6 Å². The number of H-pyrrole nitrogens is 1. The van der Waals surface area contributed by atoms with Gasteiger partial charge in [0.25, 0.3) is 0 Å². The summed E-state index contributed by atoms with van der Waals surface area (Å²) in [6, 6.07) is 12.4. The second kappa shape index (κ2) is 6.59. The second-order valence-corrected chi connectivity index (χ2v) is 5.90. The van der Waals surface area contributed by atoms with Crippen LogP contribution in [0.5, 0.6) is 0 Å². The summed E-state index contributed by atoms with van der Waals surface area (Å²) in [4.78, 5) is 6.81. The van der Waals surface area contributed by atoms with E-state index < -0.39 is 0 Å². The van der Waals surface area contributed by atoms with E-state index in [0.29, 0.717) is 5.56 Å². The maximum absolute atomic E-state index is 9.12. The normalized spacial score (nSPS) is 10.7. The number of hydrogen-bond donors (Lipinski definition) is 2. The van der Waals surface area contributed by atoms with E-state index in [1.165, 1.54) is 5.69 Å². The first kappa shape index (κ1) is 15.8. The first-order valence-electron chi connectivity index (χ1n) is 7.90. The Balaban J connectivity index is 1.74. The van der Waals surface area contributed by atoms with Gasteiger partial charge in [0.2, 0.25) is 0 Å². The number of nitrogens with two attached hydrogens (primary N) is 1. The predicted octanol–water partition coefficient (Wildman–Crippen LogP) is 2.79. The smallest absolute Gasteiger partial charge is 0.163 e. The zero-order valence-electron chi connectivity index (χ0n) is 13.9. The molecule has 2 aromatic heterocycles. The van der Waals surface area contributed by atoms with Gasteiger partial charge in [-0.1, -0.05) is 18.2 Å². The summed E-state index contributed by atoms with van der Waals surface area (Å²) >= 11 is 0. The van der Waals surface area contributed by atoms with Gasteiger partial charge in [0.15, 0.2) is 5.82 Å². The third-order valence-corrected chi connectivity index (χ3v) is 4.13. The molecular formula is C18H20N6. The first-order chi connectivity index (χ1) is 11.6. The summed E-state index contributed by atoms with van der Waals surface area (Å²) in [5.74, 6) is 0.275. The van der Waals surface area contributed by atoms with Gasteiger partial charge in [-0.3, -0.25) is 10.1 Å². The molecule has 3 aromatic rings. The lowest BCUT2D eigenvalue weighted by molar-refractivity contribution is 0.767. The highest BCUT2D eigenvalue weighted by Gasteiger charge is 2.11. The number of aromatic nitrogens is 3. The van der Waals surface area contributed by atoms with Crippen LogP contribution in [-0.2, 0) is 6.42 Å². The van der Waals surface area contributed by atoms with Gasteiger partial charge in [-0.2, -0.15) is 10.4 Å². The van der Waals surface area contributed by atoms with Gasteiger partial charge < -0.3 is 10.6 Å². The fraction of sp³-hybridized carbons (Fsp3) is 0.278. The molecule has 0 saturated carbocycles. The maximum atomic E-state index is 9.12. The third kappa shape index (κ3) is 3.01. The van der Waals surface area contributed by atoms with E-state index in [1.807, 2.05) is 25.1 Å². The van der Waals surface area contributed by atoms with Crippen LogP contribution in [-0.4, -0.2) is 28.8 Å². The SMILES string of the molecule is Cc1cc(N(C)CCCc2[nH]nc(N)c2C#N)c2ccccc2n1.